The fourth-order valence-electron chi connectivity index (χ4n) is 2.52. The molecule has 2 heteroatoms. The monoisotopic (exact) mass is 340 g/mol. The third kappa shape index (κ3) is 7.94. The van der Waals surface area contributed by atoms with Gasteiger partial charge >= 0.3 is 0 Å². The molecule has 1 nitrogen and oxygen atoms in total. The molecule has 0 saturated carbocycles. The molecule has 0 aliphatic rings. The fraction of sp³-hybridized carbons (Fsp3) is 0.667. The molecule has 0 spiro atoms. The molecule has 0 aliphatic carbocycles. The minimum atomic E-state index is 0.949. The molecule has 0 saturated heterocycles. The molecule has 114 valence electrons. The molecule has 1 aromatic carbocycles. The zero-order valence-corrected chi connectivity index (χ0v) is 14.7. The van der Waals surface area contributed by atoms with E-state index in [4.69, 9.17) is 4.74 Å². The van der Waals surface area contributed by atoms with E-state index >= 15 is 0 Å². The summed E-state index contributed by atoms with van der Waals surface area (Å²) in [5.41, 5.74) is 1.37. The van der Waals surface area contributed by atoms with Gasteiger partial charge in [-0.3, -0.25) is 0 Å². The summed E-state index contributed by atoms with van der Waals surface area (Å²) in [6.45, 7) is 2.27. The van der Waals surface area contributed by atoms with Crippen LogP contribution in [0.25, 0.3) is 0 Å². The number of hydrogen-bond donors (Lipinski definition) is 0. The highest BCUT2D eigenvalue weighted by Gasteiger charge is 2.00. The first-order valence-corrected chi connectivity index (χ1v) is 8.89. The largest absolute Gasteiger partial charge is 0.497 e. The molecule has 0 atom stereocenters. The molecule has 20 heavy (non-hydrogen) atoms. The van der Waals surface area contributed by atoms with Gasteiger partial charge in [0.2, 0.25) is 0 Å². The van der Waals surface area contributed by atoms with Crippen LogP contribution in [0, 0.1) is 0 Å². The Morgan fingerprint density at radius 1 is 0.850 bits per heavy atom. The second-order valence-corrected chi connectivity index (χ2v) is 6.49. The van der Waals surface area contributed by atoms with Gasteiger partial charge in [0.05, 0.1) is 7.11 Å². The van der Waals surface area contributed by atoms with E-state index in [-0.39, 0.29) is 0 Å². The predicted molar refractivity (Wildman–Crippen MR) is 91.6 cm³/mol. The van der Waals surface area contributed by atoms with Crippen molar-refractivity contribution in [2.24, 2.45) is 0 Å². The van der Waals surface area contributed by atoms with E-state index in [0.29, 0.717) is 0 Å². The molecule has 1 aromatic rings. The highest BCUT2D eigenvalue weighted by molar-refractivity contribution is 9.10. The molecule has 0 aliphatic heterocycles. The lowest BCUT2D eigenvalue weighted by molar-refractivity contribution is 0.414. The Kier molecular flexibility index (Phi) is 9.82. The molecular formula is C18H29BrO. The molecular weight excluding hydrogens is 312 g/mol. The van der Waals surface area contributed by atoms with Crippen LogP contribution in [0.2, 0.25) is 0 Å². The highest BCUT2D eigenvalue weighted by atomic mass is 79.9. The van der Waals surface area contributed by atoms with Gasteiger partial charge in [0.15, 0.2) is 0 Å². The van der Waals surface area contributed by atoms with Crippen molar-refractivity contribution in [3.05, 3.63) is 28.2 Å². The molecule has 1 rings (SSSR count). The lowest BCUT2D eigenvalue weighted by Gasteiger charge is -2.06. The van der Waals surface area contributed by atoms with Crippen LogP contribution in [0.4, 0.5) is 0 Å². The van der Waals surface area contributed by atoms with Crippen LogP contribution >= 0.6 is 15.9 Å². The van der Waals surface area contributed by atoms with E-state index in [0.717, 1.165) is 16.6 Å². The van der Waals surface area contributed by atoms with Crippen LogP contribution < -0.4 is 4.74 Å². The van der Waals surface area contributed by atoms with E-state index in [1.807, 2.05) is 6.07 Å². The first-order chi connectivity index (χ1) is 9.76. The van der Waals surface area contributed by atoms with Crippen molar-refractivity contribution in [3.8, 4) is 5.75 Å². The van der Waals surface area contributed by atoms with Crippen LogP contribution in [-0.4, -0.2) is 7.11 Å². The number of halogens is 1. The summed E-state index contributed by atoms with van der Waals surface area (Å²) in [5, 5.41) is 0. The standard InChI is InChI=1S/C18H29BrO/c1-3-4-5-6-7-8-9-10-11-12-16-13-17(19)15-18(14-16)20-2/h13-15H,3-12H2,1-2H3. The summed E-state index contributed by atoms with van der Waals surface area (Å²) in [6.07, 6.45) is 13.6. The topological polar surface area (TPSA) is 9.23 Å². The molecule has 0 N–H and O–H groups in total. The number of aryl methyl sites for hydroxylation is 1. The van der Waals surface area contributed by atoms with Crippen LogP contribution in [0.15, 0.2) is 22.7 Å². The van der Waals surface area contributed by atoms with Crippen molar-refractivity contribution in [3.63, 3.8) is 0 Å². The van der Waals surface area contributed by atoms with Gasteiger partial charge in [-0.2, -0.15) is 0 Å². The number of rotatable bonds is 11. The van der Waals surface area contributed by atoms with Crippen molar-refractivity contribution in [1.29, 1.82) is 0 Å². The predicted octanol–water partition coefficient (Wildman–Crippen LogP) is 6.53. The van der Waals surface area contributed by atoms with Crippen molar-refractivity contribution >= 4 is 15.9 Å². The van der Waals surface area contributed by atoms with Gasteiger partial charge in [-0.25, -0.2) is 0 Å². The minimum Gasteiger partial charge on any atom is -0.497 e. The molecule has 0 amide bonds. The van der Waals surface area contributed by atoms with Crippen LogP contribution in [0.5, 0.6) is 5.75 Å². The van der Waals surface area contributed by atoms with Crippen molar-refractivity contribution in [2.45, 2.75) is 71.1 Å². The maximum atomic E-state index is 5.30. The van der Waals surface area contributed by atoms with Gasteiger partial charge in [0, 0.05) is 4.47 Å². The van der Waals surface area contributed by atoms with Gasteiger partial charge in [-0.15, -0.1) is 0 Å². The molecule has 0 fully saturated rings. The lowest BCUT2D eigenvalue weighted by atomic mass is 10.0. The average molecular weight is 341 g/mol. The SMILES string of the molecule is CCCCCCCCCCCc1cc(Br)cc(OC)c1. The average Bonchev–Trinajstić information content (AvgIpc) is 2.45. The minimum absolute atomic E-state index is 0.949. The second kappa shape index (κ2) is 11.2. The Balaban J connectivity index is 2.08. The Bertz CT molecular complexity index is 362. The normalized spacial score (nSPS) is 10.8. The third-order valence-electron chi connectivity index (χ3n) is 3.74. The van der Waals surface area contributed by atoms with Gasteiger partial charge in [0.1, 0.15) is 5.75 Å². The van der Waals surface area contributed by atoms with Gasteiger partial charge < -0.3 is 4.74 Å². The Morgan fingerprint density at radius 2 is 1.45 bits per heavy atom. The fourth-order valence-corrected chi connectivity index (χ4v) is 3.04. The number of benzene rings is 1. The lowest BCUT2D eigenvalue weighted by Crippen LogP contribution is -1.89. The number of ether oxygens (including phenoxy) is 1. The number of methoxy groups -OCH3 is 1. The summed E-state index contributed by atoms with van der Waals surface area (Å²) < 4.78 is 6.41. The molecule has 0 aromatic heterocycles. The van der Waals surface area contributed by atoms with E-state index < -0.39 is 0 Å². The first-order valence-electron chi connectivity index (χ1n) is 8.09. The summed E-state index contributed by atoms with van der Waals surface area (Å²) in [4.78, 5) is 0. The highest BCUT2D eigenvalue weighted by Crippen LogP contribution is 2.22. The van der Waals surface area contributed by atoms with Crippen LogP contribution in [-0.2, 0) is 6.42 Å². The summed E-state index contributed by atoms with van der Waals surface area (Å²) in [6, 6.07) is 6.36. The summed E-state index contributed by atoms with van der Waals surface area (Å²) in [5.74, 6) is 0.949. The first kappa shape index (κ1) is 17.6. The van der Waals surface area contributed by atoms with Gasteiger partial charge in [0.25, 0.3) is 0 Å². The van der Waals surface area contributed by atoms with Crippen molar-refractivity contribution < 1.29 is 4.74 Å². The van der Waals surface area contributed by atoms with Crippen molar-refractivity contribution in [1.82, 2.24) is 0 Å². The number of unbranched alkanes of at least 4 members (excludes halogenated alkanes) is 8. The van der Waals surface area contributed by atoms with E-state index in [2.05, 4.69) is 35.0 Å². The van der Waals surface area contributed by atoms with Crippen LogP contribution in [0.1, 0.15) is 70.3 Å². The Morgan fingerprint density at radius 3 is 2.05 bits per heavy atom. The smallest absolute Gasteiger partial charge is 0.120 e. The summed E-state index contributed by atoms with van der Waals surface area (Å²) >= 11 is 3.54. The van der Waals surface area contributed by atoms with Gasteiger partial charge in [-0.05, 0) is 36.6 Å². The third-order valence-corrected chi connectivity index (χ3v) is 4.19. The Labute approximate surface area is 133 Å². The van der Waals surface area contributed by atoms with E-state index in [1.165, 1.54) is 63.4 Å². The zero-order valence-electron chi connectivity index (χ0n) is 13.1. The zero-order chi connectivity index (χ0) is 14.6. The molecule has 0 heterocycles. The van der Waals surface area contributed by atoms with E-state index in [1.54, 1.807) is 7.11 Å². The van der Waals surface area contributed by atoms with Crippen molar-refractivity contribution in [2.75, 3.05) is 7.11 Å². The maximum Gasteiger partial charge on any atom is 0.120 e. The van der Waals surface area contributed by atoms with E-state index in [9.17, 15) is 0 Å². The van der Waals surface area contributed by atoms with Crippen LogP contribution in [0.3, 0.4) is 0 Å². The molecule has 0 unspecified atom stereocenters. The second-order valence-electron chi connectivity index (χ2n) is 5.58. The number of hydrogen-bond acceptors (Lipinski definition) is 1. The molecule has 0 radical (unpaired) electrons. The van der Waals surface area contributed by atoms with Gasteiger partial charge in [-0.1, -0.05) is 74.2 Å². The molecule has 0 bridgehead atoms. The quantitative estimate of drug-likeness (QED) is 0.416. The summed E-state index contributed by atoms with van der Waals surface area (Å²) in [7, 11) is 1.73. The Hall–Kier alpha value is -0.500. The maximum absolute atomic E-state index is 5.30.